The molecular weight excluding hydrogens is 421 g/mol. The van der Waals surface area contributed by atoms with E-state index < -0.39 is 6.83 Å². The minimum absolute atomic E-state index is 0.754. The summed E-state index contributed by atoms with van der Waals surface area (Å²) in [6, 6.07) is 30.9. The number of hydrogen-bond acceptors (Lipinski definition) is 5. The molecule has 0 atom stereocenters. The fourth-order valence-electron chi connectivity index (χ4n) is 4.27. The minimum atomic E-state index is -3.56. The van der Waals surface area contributed by atoms with Crippen molar-refractivity contribution in [2.45, 2.75) is 25.7 Å². The van der Waals surface area contributed by atoms with Crippen LogP contribution in [0.1, 0.15) is 25.7 Å². The third-order valence-corrected chi connectivity index (χ3v) is 11.8. The van der Waals surface area contributed by atoms with Crippen LogP contribution in [0.2, 0.25) is 0 Å². The number of unbranched alkanes of at least 4 members (excludes halogenated alkanes) is 3. The molecule has 31 heavy (non-hydrogen) atoms. The van der Waals surface area contributed by atoms with E-state index in [0.29, 0.717) is 0 Å². The number of nitrogens with one attached hydrogen (secondary N) is 2. The van der Waals surface area contributed by atoms with E-state index >= 15 is 0 Å². The number of hydrazine groups is 1. The molecule has 0 saturated heterocycles. The van der Waals surface area contributed by atoms with Gasteiger partial charge in [0.2, 0.25) is 0 Å². The predicted molar refractivity (Wildman–Crippen MR) is 138 cm³/mol. The second-order valence-corrected chi connectivity index (χ2v) is 13.1. The number of benzene rings is 3. The summed E-state index contributed by atoms with van der Waals surface area (Å²) < 4.78 is 0. The van der Waals surface area contributed by atoms with E-state index in [0.717, 1.165) is 60.2 Å². The van der Waals surface area contributed by atoms with E-state index in [-0.39, 0.29) is 0 Å². The molecule has 0 unspecified atom stereocenters. The Morgan fingerprint density at radius 2 is 1.13 bits per heavy atom. The molecule has 0 bridgehead atoms. The van der Waals surface area contributed by atoms with Crippen molar-refractivity contribution in [3.63, 3.8) is 0 Å². The van der Waals surface area contributed by atoms with Gasteiger partial charge in [0, 0.05) is 0 Å². The molecule has 0 aliphatic heterocycles. The van der Waals surface area contributed by atoms with Gasteiger partial charge in [0.05, 0.1) is 0 Å². The molecule has 0 heterocycles. The second-order valence-electron chi connectivity index (χ2n) is 7.80. The Hall–Kier alpha value is -1.72. The number of hydrogen-bond donors (Lipinski definition) is 4. The first-order chi connectivity index (χ1) is 15.2. The summed E-state index contributed by atoms with van der Waals surface area (Å²) in [5.41, 5.74) is 0. The first-order valence-electron chi connectivity index (χ1n) is 10.9. The van der Waals surface area contributed by atoms with Crippen LogP contribution in [-0.2, 0) is 0 Å². The van der Waals surface area contributed by atoms with E-state index in [1.54, 1.807) is 0 Å². The van der Waals surface area contributed by atoms with Gasteiger partial charge in [-0.1, -0.05) is 0 Å². The zero-order valence-electron chi connectivity index (χ0n) is 18.0. The van der Waals surface area contributed by atoms with Crippen LogP contribution in [0.5, 0.6) is 0 Å². The van der Waals surface area contributed by atoms with Crippen molar-refractivity contribution in [1.29, 1.82) is 0 Å². The molecule has 3 rings (SSSR count). The molecule has 0 aliphatic rings. The van der Waals surface area contributed by atoms with E-state index in [1.165, 1.54) is 11.9 Å². The van der Waals surface area contributed by atoms with Crippen molar-refractivity contribution in [2.75, 3.05) is 18.6 Å². The van der Waals surface area contributed by atoms with Crippen molar-refractivity contribution in [3.8, 4) is 0 Å². The van der Waals surface area contributed by atoms with Crippen LogP contribution in [0, 0.1) is 0 Å². The molecule has 6 heteroatoms. The van der Waals surface area contributed by atoms with Gasteiger partial charge in [-0.2, -0.15) is 0 Å². The van der Waals surface area contributed by atoms with Gasteiger partial charge in [0.15, 0.2) is 0 Å². The van der Waals surface area contributed by atoms with Crippen molar-refractivity contribution in [1.82, 2.24) is 10.1 Å². The van der Waals surface area contributed by atoms with Gasteiger partial charge in [0.1, 0.15) is 0 Å². The van der Waals surface area contributed by atoms with Crippen molar-refractivity contribution in [2.24, 2.45) is 5.84 Å². The molecule has 166 valence electrons. The zero-order valence-corrected chi connectivity index (χ0v) is 19.7. The topological polar surface area (TPSA) is 70.3 Å². The molecule has 5 N–H and O–H groups in total. The summed E-state index contributed by atoms with van der Waals surface area (Å²) in [6.45, 7) is -2.58. The third-order valence-electron chi connectivity index (χ3n) is 5.89. The van der Waals surface area contributed by atoms with Gasteiger partial charge >= 0.3 is 191 Å². The maximum atomic E-state index is 13.0. The Morgan fingerprint density at radius 1 is 0.677 bits per heavy atom. The van der Waals surface area contributed by atoms with Gasteiger partial charge in [-0.3, -0.25) is 0 Å². The fraction of sp³-hybridized carbons (Fsp3) is 0.280. The molecule has 0 amide bonds. The Morgan fingerprint density at radius 3 is 1.58 bits per heavy atom. The van der Waals surface area contributed by atoms with Gasteiger partial charge in [-0.25, -0.2) is 0 Å². The van der Waals surface area contributed by atoms with Crippen LogP contribution in [-0.4, -0.2) is 23.5 Å². The average Bonchev–Trinajstić information content (AvgIpc) is 2.84. The normalized spacial score (nSPS) is 12.9. The van der Waals surface area contributed by atoms with Gasteiger partial charge in [-0.05, 0) is 0 Å². The molecule has 0 fully saturated rings. The molecule has 3 aromatic rings. The molecule has 4 nitrogen and oxygen atoms in total. The Balaban J connectivity index is 1.85. The van der Waals surface area contributed by atoms with E-state index in [4.69, 9.17) is 5.84 Å². The summed E-state index contributed by atoms with van der Waals surface area (Å²) in [6.07, 6.45) is 5.08. The van der Waals surface area contributed by atoms with E-state index in [2.05, 4.69) is 46.5 Å². The standard InChI is InChI=1S/C25H34N3OPS/c26-28-31-22-27-20-12-1-2-13-21-30(29,23-14-6-3-7-15-23,24-16-8-4-9-17-24)25-18-10-5-11-19-25/h3-11,14-19,27-29H,1-2,12-13,20-22,26H2. The van der Waals surface area contributed by atoms with Crippen LogP contribution in [0.4, 0.5) is 0 Å². The SMILES string of the molecule is NNSCNCCCCCCP(O)(c1ccccc1)(c1ccccc1)c1ccccc1. The summed E-state index contributed by atoms with van der Waals surface area (Å²) >= 11 is 1.46. The molecule has 0 radical (unpaired) electrons. The average molecular weight is 456 g/mol. The molecule has 3 aromatic carbocycles. The first-order valence-corrected chi connectivity index (χ1v) is 14.3. The molecule has 0 spiro atoms. The zero-order chi connectivity index (χ0) is 21.9. The van der Waals surface area contributed by atoms with Crippen LogP contribution in [0.15, 0.2) is 91.0 Å². The number of rotatable bonds is 13. The second kappa shape index (κ2) is 11.8. The van der Waals surface area contributed by atoms with Crippen molar-refractivity contribution < 1.29 is 4.89 Å². The van der Waals surface area contributed by atoms with Gasteiger partial charge in [-0.15, -0.1) is 0 Å². The van der Waals surface area contributed by atoms with Crippen LogP contribution in [0.3, 0.4) is 0 Å². The molecule has 0 aromatic heterocycles. The number of nitrogens with two attached hydrogens (primary N) is 1. The van der Waals surface area contributed by atoms with Crippen molar-refractivity contribution >= 4 is 34.7 Å². The summed E-state index contributed by atoms with van der Waals surface area (Å²) in [5, 5.41) is 6.48. The molecule has 0 aliphatic carbocycles. The summed E-state index contributed by atoms with van der Waals surface area (Å²) in [4.78, 5) is 15.6. The van der Waals surface area contributed by atoms with Crippen LogP contribution >= 0.6 is 18.8 Å². The van der Waals surface area contributed by atoms with Gasteiger partial charge in [0.25, 0.3) is 0 Å². The predicted octanol–water partition coefficient (Wildman–Crippen LogP) is 3.64. The quantitative estimate of drug-likeness (QED) is 0.0791. The Kier molecular flexibility index (Phi) is 9.09. The summed E-state index contributed by atoms with van der Waals surface area (Å²) in [7, 11) is 0. The Bertz CT molecular complexity index is 797. The monoisotopic (exact) mass is 455 g/mol. The van der Waals surface area contributed by atoms with E-state index in [9.17, 15) is 4.89 Å². The first kappa shape index (κ1) is 23.9. The maximum absolute atomic E-state index is 13.0. The van der Waals surface area contributed by atoms with Gasteiger partial charge < -0.3 is 0 Å². The van der Waals surface area contributed by atoms with Crippen molar-refractivity contribution in [3.05, 3.63) is 91.0 Å². The van der Waals surface area contributed by atoms with Crippen LogP contribution in [0.25, 0.3) is 0 Å². The van der Waals surface area contributed by atoms with Crippen LogP contribution < -0.4 is 31.9 Å². The van der Waals surface area contributed by atoms with E-state index in [1.807, 2.05) is 54.6 Å². The fourth-order valence-corrected chi connectivity index (χ4v) is 9.55. The molecular formula is C25H34N3OPS. The summed E-state index contributed by atoms with van der Waals surface area (Å²) in [5.74, 6) is 6.06. The molecule has 0 saturated carbocycles. The Labute approximate surface area is 190 Å². The third kappa shape index (κ3) is 5.56.